The van der Waals surface area contributed by atoms with E-state index in [9.17, 15) is 8.42 Å². The van der Waals surface area contributed by atoms with Crippen molar-refractivity contribution in [3.05, 3.63) is 40.8 Å². The maximum Gasteiger partial charge on any atom is 0.244 e. The van der Waals surface area contributed by atoms with E-state index in [1.54, 1.807) is 34.0 Å². The zero-order chi connectivity index (χ0) is 23.0. The van der Waals surface area contributed by atoms with Crippen molar-refractivity contribution in [2.45, 2.75) is 25.3 Å². The summed E-state index contributed by atoms with van der Waals surface area (Å²) in [7, 11) is -3.55. The van der Waals surface area contributed by atoms with Crippen LogP contribution in [0.5, 0.6) is 0 Å². The predicted octanol–water partition coefficient (Wildman–Crippen LogP) is 2.05. The van der Waals surface area contributed by atoms with Gasteiger partial charge in [0.05, 0.1) is 25.1 Å². The van der Waals surface area contributed by atoms with Crippen molar-refractivity contribution < 1.29 is 13.2 Å². The van der Waals surface area contributed by atoms with E-state index in [1.165, 1.54) is 16.6 Å². The van der Waals surface area contributed by atoms with Crippen LogP contribution in [0.15, 0.2) is 29.4 Å². The fraction of sp³-hybridized carbons (Fsp3) is 0.500. The van der Waals surface area contributed by atoms with E-state index in [1.807, 2.05) is 0 Å². The van der Waals surface area contributed by atoms with Crippen LogP contribution in [-0.2, 0) is 21.3 Å². The van der Waals surface area contributed by atoms with Gasteiger partial charge in [-0.2, -0.15) is 4.31 Å². The fourth-order valence-corrected chi connectivity index (χ4v) is 6.75. The predicted molar refractivity (Wildman–Crippen MR) is 128 cm³/mol. The lowest BCUT2D eigenvalue weighted by Crippen LogP contribution is -2.49. The van der Waals surface area contributed by atoms with Gasteiger partial charge in [-0.25, -0.2) is 18.4 Å². The van der Waals surface area contributed by atoms with Crippen LogP contribution in [0.1, 0.15) is 16.3 Å². The summed E-state index contributed by atoms with van der Waals surface area (Å²) in [5.74, 6) is 1.73. The summed E-state index contributed by atoms with van der Waals surface area (Å²) in [4.78, 5) is 20.9. The Balaban J connectivity index is 1.41. The molecule has 0 radical (unpaired) electrons. The van der Waals surface area contributed by atoms with Crippen molar-refractivity contribution in [3.8, 4) is 0 Å². The quantitative estimate of drug-likeness (QED) is 0.539. The monoisotopic (exact) mass is 488 g/mol. The van der Waals surface area contributed by atoms with Crippen LogP contribution >= 0.6 is 11.3 Å². The van der Waals surface area contributed by atoms with E-state index in [2.05, 4.69) is 28.6 Å². The Morgan fingerprint density at radius 2 is 1.82 bits per heavy atom. The van der Waals surface area contributed by atoms with Gasteiger partial charge >= 0.3 is 0 Å². The summed E-state index contributed by atoms with van der Waals surface area (Å²) >= 11 is 1.70. The van der Waals surface area contributed by atoms with Crippen LogP contribution in [0.2, 0.25) is 0 Å². The molecule has 0 aliphatic carbocycles. The number of nitrogens with zero attached hydrogens (tertiary/aromatic N) is 6. The van der Waals surface area contributed by atoms with Crippen molar-refractivity contribution in [2.24, 2.45) is 0 Å². The summed E-state index contributed by atoms with van der Waals surface area (Å²) in [6, 6.07) is 3.25. The fourth-order valence-electron chi connectivity index (χ4n) is 4.32. The Hall–Kier alpha value is -2.18. The van der Waals surface area contributed by atoms with Gasteiger partial charge in [-0.05, 0) is 31.5 Å². The maximum absolute atomic E-state index is 13.0. The van der Waals surface area contributed by atoms with Gasteiger partial charge < -0.3 is 9.64 Å². The highest BCUT2D eigenvalue weighted by Gasteiger charge is 2.30. The third-order valence-electron chi connectivity index (χ3n) is 6.33. The smallest absolute Gasteiger partial charge is 0.244 e. The van der Waals surface area contributed by atoms with Crippen molar-refractivity contribution in [2.75, 3.05) is 57.4 Å². The molecule has 2 aliphatic rings. The standard InChI is InChI=1S/C22H28N6O3S2/c1-16-17(2)32-22-20(16)21(24-19(25-22)15-26-10-12-31-13-11-26)27-6-8-28(9-7-27)33(29,30)18-4-3-5-23-14-18/h3-5,14H,6-13,15H2,1-2H3. The SMILES string of the molecule is Cc1sc2nc(CN3CCOCC3)nc(N3CCN(S(=O)(=O)c4cccnc4)CC3)c2c1C. The van der Waals surface area contributed by atoms with Crippen LogP contribution in [0.4, 0.5) is 5.82 Å². The normalized spacial score (nSPS) is 18.8. The van der Waals surface area contributed by atoms with E-state index in [4.69, 9.17) is 14.7 Å². The number of piperazine rings is 1. The number of hydrogen-bond donors (Lipinski definition) is 0. The van der Waals surface area contributed by atoms with Crippen LogP contribution in [0.3, 0.4) is 0 Å². The number of anilines is 1. The van der Waals surface area contributed by atoms with Crippen molar-refractivity contribution in [1.29, 1.82) is 0 Å². The number of hydrogen-bond acceptors (Lipinski definition) is 9. The summed E-state index contributed by atoms with van der Waals surface area (Å²) in [5, 5.41) is 1.09. The zero-order valence-electron chi connectivity index (χ0n) is 18.9. The van der Waals surface area contributed by atoms with Gasteiger partial charge in [-0.15, -0.1) is 11.3 Å². The zero-order valence-corrected chi connectivity index (χ0v) is 20.5. The molecule has 0 saturated carbocycles. The topological polar surface area (TPSA) is 91.8 Å². The first-order valence-corrected chi connectivity index (χ1v) is 13.4. The molecule has 5 heterocycles. The van der Waals surface area contributed by atoms with Gasteiger partial charge in [0.2, 0.25) is 10.0 Å². The van der Waals surface area contributed by atoms with Gasteiger partial charge in [0.1, 0.15) is 21.4 Å². The molecular weight excluding hydrogens is 460 g/mol. The second kappa shape index (κ2) is 9.22. The molecule has 9 nitrogen and oxygen atoms in total. The van der Waals surface area contributed by atoms with Gasteiger partial charge in [0, 0.05) is 56.5 Å². The summed E-state index contributed by atoms with van der Waals surface area (Å²) < 4.78 is 33.0. The number of thiophene rings is 1. The van der Waals surface area contributed by atoms with Gasteiger partial charge in [-0.3, -0.25) is 9.88 Å². The van der Waals surface area contributed by atoms with Crippen LogP contribution in [0.25, 0.3) is 10.2 Å². The largest absolute Gasteiger partial charge is 0.379 e. The highest BCUT2D eigenvalue weighted by atomic mass is 32.2. The molecule has 2 aliphatic heterocycles. The minimum Gasteiger partial charge on any atom is -0.379 e. The highest BCUT2D eigenvalue weighted by molar-refractivity contribution is 7.89. The van der Waals surface area contributed by atoms with E-state index in [0.717, 1.165) is 48.2 Å². The van der Waals surface area contributed by atoms with Gasteiger partial charge in [0.15, 0.2) is 0 Å². The molecule has 2 fully saturated rings. The summed E-state index contributed by atoms with van der Waals surface area (Å²) in [6.45, 7) is 10.1. The molecule has 0 N–H and O–H groups in total. The minimum atomic E-state index is -3.55. The molecule has 0 aromatic carbocycles. The van der Waals surface area contributed by atoms with Gasteiger partial charge in [-0.1, -0.05) is 0 Å². The number of morpholine rings is 1. The number of ether oxygens (including phenoxy) is 1. The first kappa shape index (κ1) is 22.6. The average molecular weight is 489 g/mol. The number of rotatable bonds is 5. The Morgan fingerprint density at radius 3 is 2.52 bits per heavy atom. The number of sulfonamides is 1. The number of pyridine rings is 1. The molecule has 0 amide bonds. The summed E-state index contributed by atoms with van der Waals surface area (Å²) in [5.41, 5.74) is 1.20. The molecule has 0 atom stereocenters. The molecular formula is C22H28N6O3S2. The first-order chi connectivity index (χ1) is 15.9. The second-order valence-electron chi connectivity index (χ2n) is 8.40. The molecule has 2 saturated heterocycles. The van der Waals surface area contributed by atoms with Crippen LogP contribution in [-0.4, -0.2) is 85.1 Å². The lowest BCUT2D eigenvalue weighted by atomic mass is 10.2. The molecule has 33 heavy (non-hydrogen) atoms. The molecule has 0 spiro atoms. The van der Waals surface area contributed by atoms with Crippen molar-refractivity contribution in [1.82, 2.24) is 24.2 Å². The van der Waals surface area contributed by atoms with Crippen LogP contribution in [0, 0.1) is 13.8 Å². The van der Waals surface area contributed by atoms with Crippen molar-refractivity contribution >= 4 is 37.4 Å². The minimum absolute atomic E-state index is 0.236. The third-order valence-corrected chi connectivity index (χ3v) is 9.32. The van der Waals surface area contributed by atoms with E-state index in [-0.39, 0.29) is 4.90 Å². The average Bonchev–Trinajstić information content (AvgIpc) is 3.13. The summed E-state index contributed by atoms with van der Waals surface area (Å²) in [6.07, 6.45) is 2.99. The molecule has 0 unspecified atom stereocenters. The number of aromatic nitrogens is 3. The van der Waals surface area contributed by atoms with Crippen LogP contribution < -0.4 is 4.90 Å². The number of fused-ring (bicyclic) bond motifs is 1. The lowest BCUT2D eigenvalue weighted by Gasteiger charge is -2.35. The Morgan fingerprint density at radius 1 is 1.06 bits per heavy atom. The van der Waals surface area contributed by atoms with Crippen molar-refractivity contribution in [3.63, 3.8) is 0 Å². The lowest BCUT2D eigenvalue weighted by molar-refractivity contribution is 0.0331. The molecule has 5 rings (SSSR count). The molecule has 176 valence electrons. The molecule has 0 bridgehead atoms. The Kier molecular flexibility index (Phi) is 6.32. The first-order valence-electron chi connectivity index (χ1n) is 11.2. The highest BCUT2D eigenvalue weighted by Crippen LogP contribution is 2.35. The second-order valence-corrected chi connectivity index (χ2v) is 11.5. The van der Waals surface area contributed by atoms with E-state index < -0.39 is 10.0 Å². The Bertz CT molecular complexity index is 1230. The van der Waals surface area contributed by atoms with E-state index in [0.29, 0.717) is 32.7 Å². The molecule has 11 heteroatoms. The van der Waals surface area contributed by atoms with E-state index >= 15 is 0 Å². The molecule has 3 aromatic rings. The Labute approximate surface area is 198 Å². The molecule has 3 aromatic heterocycles. The number of aryl methyl sites for hydroxylation is 2. The van der Waals surface area contributed by atoms with Gasteiger partial charge in [0.25, 0.3) is 0 Å². The maximum atomic E-state index is 13.0. The third kappa shape index (κ3) is 4.47.